The van der Waals surface area contributed by atoms with Crippen LogP contribution >= 0.6 is 11.3 Å². The molecule has 2 amide bonds. The number of amides is 2. The number of anilines is 2. The highest BCUT2D eigenvalue weighted by molar-refractivity contribution is 7.15. The second-order valence-corrected chi connectivity index (χ2v) is 9.41. The second kappa shape index (κ2) is 9.98. The molecule has 4 rings (SSSR count). The minimum Gasteiger partial charge on any atom is -0.391 e. The molecule has 0 spiro atoms. The van der Waals surface area contributed by atoms with Crippen LogP contribution in [0.5, 0.6) is 0 Å². The molecule has 0 aliphatic carbocycles. The van der Waals surface area contributed by atoms with Gasteiger partial charge in [0.15, 0.2) is 0 Å². The zero-order chi connectivity index (χ0) is 21.6. The fourth-order valence-corrected chi connectivity index (χ4v) is 4.89. The lowest BCUT2D eigenvalue weighted by Crippen LogP contribution is -2.47. The van der Waals surface area contributed by atoms with Crippen molar-refractivity contribution in [3.05, 3.63) is 82.7 Å². The summed E-state index contributed by atoms with van der Waals surface area (Å²) in [7, 11) is 0. The van der Waals surface area contributed by atoms with Gasteiger partial charge >= 0.3 is 6.03 Å². The molecular formula is C25H30N4OS. The average molecular weight is 435 g/mol. The van der Waals surface area contributed by atoms with Crippen molar-refractivity contribution in [2.45, 2.75) is 38.9 Å². The molecular weight excluding hydrogens is 404 g/mol. The normalized spacial score (nSPS) is 14.7. The Labute approximate surface area is 188 Å². The number of piperidine rings is 1. The highest BCUT2D eigenvalue weighted by Crippen LogP contribution is 2.26. The molecule has 1 fully saturated rings. The lowest BCUT2D eigenvalue weighted by molar-refractivity contribution is 0.110. The summed E-state index contributed by atoms with van der Waals surface area (Å²) >= 11 is 1.66. The Morgan fingerprint density at radius 1 is 1.03 bits per heavy atom. The number of thiophene rings is 1. The Kier molecular flexibility index (Phi) is 6.89. The van der Waals surface area contributed by atoms with Crippen molar-refractivity contribution < 1.29 is 4.79 Å². The monoisotopic (exact) mass is 434 g/mol. The Morgan fingerprint density at radius 2 is 1.74 bits per heavy atom. The van der Waals surface area contributed by atoms with Gasteiger partial charge in [0.25, 0.3) is 0 Å². The van der Waals surface area contributed by atoms with Crippen LogP contribution in [-0.2, 0) is 13.1 Å². The lowest BCUT2D eigenvalue weighted by Gasteiger charge is -2.38. The van der Waals surface area contributed by atoms with Crippen LogP contribution in [-0.4, -0.2) is 35.0 Å². The van der Waals surface area contributed by atoms with Crippen LogP contribution in [0.25, 0.3) is 0 Å². The number of likely N-dealkylation sites (tertiary alicyclic amines) is 1. The van der Waals surface area contributed by atoms with Crippen LogP contribution in [0, 0.1) is 6.92 Å². The van der Waals surface area contributed by atoms with Gasteiger partial charge in [-0.2, -0.15) is 0 Å². The van der Waals surface area contributed by atoms with Gasteiger partial charge in [0.1, 0.15) is 0 Å². The molecule has 0 unspecified atom stereocenters. The molecule has 162 valence electrons. The first-order valence-corrected chi connectivity index (χ1v) is 11.6. The predicted octanol–water partition coefficient (Wildman–Crippen LogP) is 5.34. The minimum absolute atomic E-state index is 0.0132. The number of aryl methyl sites for hydroxylation is 1. The number of hydrogen-bond acceptors (Lipinski definition) is 4. The molecule has 2 heterocycles. The molecule has 2 aromatic carbocycles. The van der Waals surface area contributed by atoms with Gasteiger partial charge in [-0.15, -0.1) is 11.3 Å². The first-order chi connectivity index (χ1) is 15.1. The number of nitrogens with two attached hydrogens (primary N) is 1. The first kappa shape index (κ1) is 21.4. The number of hydrogen-bond donors (Lipinski definition) is 2. The van der Waals surface area contributed by atoms with Crippen molar-refractivity contribution in [2.75, 3.05) is 24.1 Å². The number of para-hydroxylation sites is 1. The summed E-state index contributed by atoms with van der Waals surface area (Å²) in [6, 6.07) is 23.0. The molecule has 31 heavy (non-hydrogen) atoms. The maximum Gasteiger partial charge on any atom is 0.321 e. The molecule has 1 aliphatic heterocycles. The summed E-state index contributed by atoms with van der Waals surface area (Å²) < 4.78 is 0. The third-order valence-corrected chi connectivity index (χ3v) is 6.74. The summed E-state index contributed by atoms with van der Waals surface area (Å²) in [5, 5.41) is 3.86. The van der Waals surface area contributed by atoms with Gasteiger partial charge in [0.05, 0.1) is 5.00 Å². The van der Waals surface area contributed by atoms with Crippen LogP contribution in [0.4, 0.5) is 15.5 Å². The third kappa shape index (κ3) is 5.87. The summed E-state index contributed by atoms with van der Waals surface area (Å²) in [4.78, 5) is 18.4. The van der Waals surface area contributed by atoms with E-state index in [1.54, 1.807) is 11.3 Å². The largest absolute Gasteiger partial charge is 0.391 e. The smallest absolute Gasteiger partial charge is 0.321 e. The Hall–Kier alpha value is -2.83. The molecule has 3 N–H and O–H groups in total. The molecule has 0 saturated carbocycles. The number of carbonyl (C=O) groups excluding carboxylic acids is 1. The number of rotatable bonds is 6. The number of carbonyl (C=O) groups is 1. The number of nitrogens with one attached hydrogen (secondary N) is 1. The van der Waals surface area contributed by atoms with Crippen molar-refractivity contribution in [2.24, 2.45) is 0 Å². The van der Waals surface area contributed by atoms with E-state index >= 15 is 0 Å². The average Bonchev–Trinajstić information content (AvgIpc) is 3.20. The van der Waals surface area contributed by atoms with E-state index in [1.165, 1.54) is 16.0 Å². The van der Waals surface area contributed by atoms with E-state index in [-0.39, 0.29) is 6.03 Å². The van der Waals surface area contributed by atoms with Crippen molar-refractivity contribution in [3.8, 4) is 0 Å². The summed E-state index contributed by atoms with van der Waals surface area (Å²) in [5.74, 6) is 0. The van der Waals surface area contributed by atoms with Crippen molar-refractivity contribution in [1.29, 1.82) is 0 Å². The Bertz CT molecular complexity index is 978. The zero-order valence-electron chi connectivity index (χ0n) is 18.0. The molecule has 6 heteroatoms. The molecule has 1 aliphatic rings. The highest BCUT2D eigenvalue weighted by Gasteiger charge is 2.27. The standard InChI is InChI=1S/C25H30N4OS/c1-19-7-9-20(10-8-19)17-29(18-23-11-12-24(26)31-23)22-13-15-28(16-14-22)25(30)27-21-5-3-2-4-6-21/h2-12,22H,13-18,26H2,1H3,(H,27,30). The molecule has 1 aromatic heterocycles. The summed E-state index contributed by atoms with van der Waals surface area (Å²) in [5.41, 5.74) is 9.40. The maximum absolute atomic E-state index is 12.6. The van der Waals surface area contributed by atoms with Crippen molar-refractivity contribution >= 4 is 28.1 Å². The minimum atomic E-state index is -0.0132. The van der Waals surface area contributed by atoms with E-state index in [9.17, 15) is 4.79 Å². The van der Waals surface area contributed by atoms with Gasteiger partial charge in [-0.25, -0.2) is 4.79 Å². The topological polar surface area (TPSA) is 61.6 Å². The van der Waals surface area contributed by atoms with Crippen LogP contribution in [0.15, 0.2) is 66.7 Å². The Morgan fingerprint density at radius 3 is 2.39 bits per heavy atom. The van der Waals surface area contributed by atoms with Crippen LogP contribution in [0.1, 0.15) is 28.8 Å². The van der Waals surface area contributed by atoms with Gasteiger partial charge < -0.3 is 16.0 Å². The number of nitrogens with zero attached hydrogens (tertiary/aromatic N) is 2. The first-order valence-electron chi connectivity index (χ1n) is 10.8. The van der Waals surface area contributed by atoms with E-state index in [2.05, 4.69) is 47.5 Å². The van der Waals surface area contributed by atoms with Gasteiger partial charge in [-0.1, -0.05) is 48.0 Å². The van der Waals surface area contributed by atoms with E-state index in [0.29, 0.717) is 6.04 Å². The van der Waals surface area contributed by atoms with Gasteiger partial charge in [0.2, 0.25) is 0 Å². The lowest BCUT2D eigenvalue weighted by atomic mass is 10.0. The summed E-state index contributed by atoms with van der Waals surface area (Å²) in [6.45, 7) is 5.43. The highest BCUT2D eigenvalue weighted by atomic mass is 32.1. The molecule has 1 saturated heterocycles. The van der Waals surface area contributed by atoms with Crippen molar-refractivity contribution in [1.82, 2.24) is 9.80 Å². The molecule has 3 aromatic rings. The van der Waals surface area contributed by atoms with E-state index in [1.807, 2.05) is 41.3 Å². The zero-order valence-corrected chi connectivity index (χ0v) is 18.8. The van der Waals surface area contributed by atoms with Gasteiger partial charge in [0, 0.05) is 42.8 Å². The molecule has 0 bridgehead atoms. The predicted molar refractivity (Wildman–Crippen MR) is 129 cm³/mol. The molecule has 5 nitrogen and oxygen atoms in total. The van der Waals surface area contributed by atoms with Crippen LogP contribution in [0.2, 0.25) is 0 Å². The Balaban J connectivity index is 1.39. The third-order valence-electron chi connectivity index (χ3n) is 5.84. The van der Waals surface area contributed by atoms with Gasteiger partial charge in [-0.05, 0) is 49.6 Å². The summed E-state index contributed by atoms with van der Waals surface area (Å²) in [6.07, 6.45) is 1.93. The fraction of sp³-hybridized carbons (Fsp3) is 0.320. The SMILES string of the molecule is Cc1ccc(CN(Cc2ccc(N)s2)C2CCN(C(=O)Nc3ccccc3)CC2)cc1. The quantitative estimate of drug-likeness (QED) is 0.551. The number of benzene rings is 2. The van der Waals surface area contributed by atoms with E-state index in [0.717, 1.165) is 49.7 Å². The number of urea groups is 1. The molecule has 0 atom stereocenters. The van der Waals surface area contributed by atoms with Crippen LogP contribution < -0.4 is 11.1 Å². The van der Waals surface area contributed by atoms with Crippen molar-refractivity contribution in [3.63, 3.8) is 0 Å². The second-order valence-electron chi connectivity index (χ2n) is 8.21. The number of nitrogen functional groups attached to an aromatic ring is 1. The van der Waals surface area contributed by atoms with Crippen LogP contribution in [0.3, 0.4) is 0 Å². The molecule has 0 radical (unpaired) electrons. The van der Waals surface area contributed by atoms with E-state index in [4.69, 9.17) is 5.73 Å². The van der Waals surface area contributed by atoms with E-state index < -0.39 is 0 Å². The fourth-order valence-electron chi connectivity index (χ4n) is 4.08. The maximum atomic E-state index is 12.6. The van der Waals surface area contributed by atoms with Gasteiger partial charge in [-0.3, -0.25) is 4.90 Å².